The molecule has 0 saturated heterocycles. The molecular weight excluding hydrogens is 302 g/mol. The summed E-state index contributed by atoms with van der Waals surface area (Å²) in [5.74, 6) is -2.47. The molecule has 0 fully saturated rings. The third-order valence-corrected chi connectivity index (χ3v) is 3.65. The first-order chi connectivity index (χ1) is 10.6. The summed E-state index contributed by atoms with van der Waals surface area (Å²) in [4.78, 5) is 35.5. The maximum absolute atomic E-state index is 12.4. The molecule has 23 heavy (non-hydrogen) atoms. The number of aliphatic carboxylic acids is 1. The van der Waals surface area contributed by atoms with Crippen LogP contribution in [0.15, 0.2) is 0 Å². The van der Waals surface area contributed by atoms with Crippen molar-refractivity contribution in [1.29, 1.82) is 0 Å². The average Bonchev–Trinajstić information content (AvgIpc) is 2.48. The van der Waals surface area contributed by atoms with Crippen LogP contribution >= 0.6 is 0 Å². The molecule has 0 rings (SSSR count). The Kier molecular flexibility index (Phi) is 9.43. The second-order valence-electron chi connectivity index (χ2n) is 6.19. The maximum Gasteiger partial charge on any atom is 0.326 e. The van der Waals surface area contributed by atoms with E-state index in [1.165, 1.54) is 0 Å². The van der Waals surface area contributed by atoms with Gasteiger partial charge in [0.05, 0.1) is 6.61 Å². The minimum atomic E-state index is -1.12. The Labute approximate surface area is 136 Å². The molecule has 0 saturated carbocycles. The molecule has 8 heteroatoms. The zero-order valence-electron chi connectivity index (χ0n) is 14.2. The van der Waals surface area contributed by atoms with Crippen molar-refractivity contribution in [3.63, 3.8) is 0 Å². The number of carboxylic acid groups (broad SMARTS) is 1. The number of aliphatic hydroxyl groups excluding tert-OH is 1. The van der Waals surface area contributed by atoms with Crippen LogP contribution in [0, 0.1) is 11.8 Å². The lowest BCUT2D eigenvalue weighted by molar-refractivity contribution is -0.143. The molecule has 0 radical (unpaired) electrons. The van der Waals surface area contributed by atoms with Crippen LogP contribution < -0.4 is 16.4 Å². The smallest absolute Gasteiger partial charge is 0.326 e. The molecule has 0 aliphatic carbocycles. The summed E-state index contributed by atoms with van der Waals surface area (Å²) in [5, 5.41) is 23.1. The summed E-state index contributed by atoms with van der Waals surface area (Å²) in [6, 6.07) is -3.04. The Balaban J connectivity index is 5.05. The number of nitrogens with one attached hydrogen (secondary N) is 2. The Hall–Kier alpha value is -1.67. The van der Waals surface area contributed by atoms with Gasteiger partial charge in [-0.05, 0) is 18.3 Å². The molecule has 0 aliphatic rings. The second-order valence-corrected chi connectivity index (χ2v) is 6.19. The largest absolute Gasteiger partial charge is 0.480 e. The lowest BCUT2D eigenvalue weighted by atomic mass is 9.97. The van der Waals surface area contributed by atoms with Crippen LogP contribution in [0.1, 0.15) is 40.5 Å². The first-order valence-corrected chi connectivity index (χ1v) is 7.83. The Morgan fingerprint density at radius 3 is 2.04 bits per heavy atom. The van der Waals surface area contributed by atoms with Crippen LogP contribution in [0.3, 0.4) is 0 Å². The van der Waals surface area contributed by atoms with Crippen molar-refractivity contribution in [2.45, 2.75) is 58.7 Å². The maximum atomic E-state index is 12.4. The fourth-order valence-electron chi connectivity index (χ4n) is 2.00. The molecule has 0 aromatic heterocycles. The second kappa shape index (κ2) is 10.2. The van der Waals surface area contributed by atoms with Crippen molar-refractivity contribution in [3.05, 3.63) is 0 Å². The van der Waals surface area contributed by atoms with Crippen molar-refractivity contribution in [2.75, 3.05) is 6.61 Å². The van der Waals surface area contributed by atoms with Gasteiger partial charge in [0, 0.05) is 0 Å². The van der Waals surface area contributed by atoms with Gasteiger partial charge in [-0.25, -0.2) is 4.79 Å². The summed E-state index contributed by atoms with van der Waals surface area (Å²) in [6.45, 7) is 6.78. The normalized spacial score (nSPS) is 16.3. The van der Waals surface area contributed by atoms with Crippen molar-refractivity contribution < 1.29 is 24.6 Å². The van der Waals surface area contributed by atoms with Gasteiger partial charge in [-0.1, -0.05) is 34.1 Å². The highest BCUT2D eigenvalue weighted by Gasteiger charge is 2.30. The Morgan fingerprint density at radius 1 is 1.09 bits per heavy atom. The van der Waals surface area contributed by atoms with Crippen LogP contribution in [0.25, 0.3) is 0 Å². The van der Waals surface area contributed by atoms with Crippen LogP contribution in [-0.2, 0) is 14.4 Å². The van der Waals surface area contributed by atoms with E-state index in [0.717, 1.165) is 0 Å². The van der Waals surface area contributed by atoms with Crippen molar-refractivity contribution in [3.8, 4) is 0 Å². The van der Waals surface area contributed by atoms with Crippen LogP contribution in [0.2, 0.25) is 0 Å². The fraction of sp³-hybridized carbons (Fsp3) is 0.800. The van der Waals surface area contributed by atoms with E-state index in [9.17, 15) is 19.5 Å². The number of aliphatic hydroxyl groups is 1. The van der Waals surface area contributed by atoms with Gasteiger partial charge in [0.15, 0.2) is 0 Å². The number of carbonyl (C=O) groups is 3. The molecule has 2 amide bonds. The third kappa shape index (κ3) is 7.43. The van der Waals surface area contributed by atoms with E-state index >= 15 is 0 Å². The van der Waals surface area contributed by atoms with E-state index < -0.39 is 42.5 Å². The van der Waals surface area contributed by atoms with Crippen LogP contribution in [0.5, 0.6) is 0 Å². The van der Waals surface area contributed by atoms with Crippen LogP contribution in [-0.4, -0.2) is 52.7 Å². The van der Waals surface area contributed by atoms with Gasteiger partial charge in [0.1, 0.15) is 18.1 Å². The molecule has 0 bridgehead atoms. The minimum Gasteiger partial charge on any atom is -0.480 e. The number of rotatable bonds is 10. The molecular formula is C15H29N3O5. The molecule has 0 aromatic carbocycles. The van der Waals surface area contributed by atoms with Gasteiger partial charge in [0.2, 0.25) is 11.8 Å². The summed E-state index contributed by atoms with van der Waals surface area (Å²) in [7, 11) is 0. The lowest BCUT2D eigenvalue weighted by Crippen LogP contribution is -2.56. The van der Waals surface area contributed by atoms with Crippen molar-refractivity contribution in [2.24, 2.45) is 17.6 Å². The number of amides is 2. The number of carbonyl (C=O) groups excluding carboxylic acids is 2. The van der Waals surface area contributed by atoms with Gasteiger partial charge >= 0.3 is 5.97 Å². The van der Waals surface area contributed by atoms with Gasteiger partial charge in [0.25, 0.3) is 0 Å². The van der Waals surface area contributed by atoms with Gasteiger partial charge < -0.3 is 26.6 Å². The zero-order chi connectivity index (χ0) is 18.2. The monoisotopic (exact) mass is 331 g/mol. The third-order valence-electron chi connectivity index (χ3n) is 3.65. The molecule has 134 valence electrons. The fourth-order valence-corrected chi connectivity index (χ4v) is 2.00. The van der Waals surface area contributed by atoms with Gasteiger partial charge in [-0.2, -0.15) is 0 Å². The molecule has 0 heterocycles. The van der Waals surface area contributed by atoms with E-state index in [4.69, 9.17) is 10.8 Å². The minimum absolute atomic E-state index is 0.100. The molecule has 8 nitrogen and oxygen atoms in total. The first-order valence-electron chi connectivity index (χ1n) is 7.83. The zero-order valence-corrected chi connectivity index (χ0v) is 14.2. The topological polar surface area (TPSA) is 142 Å². The summed E-state index contributed by atoms with van der Waals surface area (Å²) >= 11 is 0. The predicted molar refractivity (Wildman–Crippen MR) is 85.5 cm³/mol. The number of carboxylic acids is 1. The summed E-state index contributed by atoms with van der Waals surface area (Å²) < 4.78 is 0. The molecule has 0 unspecified atom stereocenters. The standard InChI is InChI=1S/C15H29N3O5/c1-5-9(4)12(15(22)23)18-14(21)11(6-8(2)3)17-13(20)10(16)7-19/h8-12,19H,5-7,16H2,1-4H3,(H,17,20)(H,18,21)(H,22,23)/t9-,10-,11-,12-/m0/s1. The van der Waals surface area contributed by atoms with E-state index in [-0.39, 0.29) is 11.8 Å². The van der Waals surface area contributed by atoms with Crippen molar-refractivity contribution >= 4 is 17.8 Å². The number of nitrogens with two attached hydrogens (primary N) is 1. The molecule has 0 aliphatic heterocycles. The highest BCUT2D eigenvalue weighted by Crippen LogP contribution is 2.10. The summed E-state index contributed by atoms with van der Waals surface area (Å²) in [5.41, 5.74) is 5.43. The van der Waals surface area contributed by atoms with Crippen molar-refractivity contribution in [1.82, 2.24) is 10.6 Å². The molecule has 0 spiro atoms. The Morgan fingerprint density at radius 2 is 1.65 bits per heavy atom. The van der Waals surface area contributed by atoms with E-state index in [1.807, 2.05) is 20.8 Å². The highest BCUT2D eigenvalue weighted by atomic mass is 16.4. The van der Waals surface area contributed by atoms with Gasteiger partial charge in [-0.15, -0.1) is 0 Å². The molecule has 0 aromatic rings. The van der Waals surface area contributed by atoms with Gasteiger partial charge in [-0.3, -0.25) is 9.59 Å². The number of hydrogen-bond acceptors (Lipinski definition) is 5. The lowest BCUT2D eigenvalue weighted by Gasteiger charge is -2.25. The summed E-state index contributed by atoms with van der Waals surface area (Å²) in [6.07, 6.45) is 0.927. The molecule has 6 N–H and O–H groups in total. The van der Waals surface area contributed by atoms with E-state index in [2.05, 4.69) is 10.6 Å². The highest BCUT2D eigenvalue weighted by molar-refractivity contribution is 5.91. The quantitative estimate of drug-likeness (QED) is 0.364. The number of hydrogen-bond donors (Lipinski definition) is 5. The predicted octanol–water partition coefficient (Wildman–Crippen LogP) is -0.548. The molecule has 4 atom stereocenters. The SMILES string of the molecule is CC[C@H](C)[C@H](NC(=O)[C@H](CC(C)C)NC(=O)[C@@H](N)CO)C(=O)O. The van der Waals surface area contributed by atoms with Crippen LogP contribution in [0.4, 0.5) is 0 Å². The van der Waals surface area contributed by atoms with E-state index in [1.54, 1.807) is 6.92 Å². The van der Waals surface area contributed by atoms with E-state index in [0.29, 0.717) is 12.8 Å². The first kappa shape index (κ1) is 21.3. The average molecular weight is 331 g/mol. The Bertz CT molecular complexity index is 414.